The van der Waals surface area contributed by atoms with Crippen molar-refractivity contribution in [1.82, 2.24) is 4.98 Å². The minimum Gasteiger partial charge on any atom is -0.462 e. The highest BCUT2D eigenvalue weighted by atomic mass is 28.3. The number of unbranched alkanes of at least 4 members (excludes halogenated alkanes) is 10. The maximum atomic E-state index is 5.58. The molecule has 1 aliphatic carbocycles. The first-order valence-corrected chi connectivity index (χ1v) is 66.9. The van der Waals surface area contributed by atoms with Gasteiger partial charge >= 0.3 is 0 Å². The summed E-state index contributed by atoms with van der Waals surface area (Å²) in [4.78, 5) is 4.31. The second-order valence-electron chi connectivity index (χ2n) is 42.4. The van der Waals surface area contributed by atoms with E-state index in [9.17, 15) is 0 Å². The summed E-state index contributed by atoms with van der Waals surface area (Å²) in [5.41, 5.74) is 35.0. The van der Waals surface area contributed by atoms with Crippen molar-refractivity contribution >= 4 is 40.4 Å². The molecule has 1 saturated heterocycles. The average Bonchev–Trinajstić information content (AvgIpc) is 0.856. The van der Waals surface area contributed by atoms with Crippen LogP contribution in [0.4, 0.5) is 0 Å². The van der Waals surface area contributed by atoms with Crippen molar-refractivity contribution in [2.24, 2.45) is 11.8 Å². The molecule has 14 heteroatoms. The molecule has 7 aromatic rings. The molecular weight excluding hydrogens is 1570 g/mol. The summed E-state index contributed by atoms with van der Waals surface area (Å²) >= 11 is 0. The van der Waals surface area contributed by atoms with Gasteiger partial charge in [-0.05, 0) is 119 Å². The number of nitrogens with zero attached hydrogens (tertiary/aromatic N) is 1. The molecule has 6 unspecified atom stereocenters. The Bertz CT molecular complexity index is 3810. The van der Waals surface area contributed by atoms with Crippen LogP contribution >= 0.6 is 0 Å². The van der Waals surface area contributed by atoms with Gasteiger partial charge < -0.3 is 43.6 Å². The molecule has 122 heavy (non-hydrogen) atoms. The van der Waals surface area contributed by atoms with Gasteiger partial charge in [-0.3, -0.25) is 4.98 Å². The molecule has 0 amide bonds. The van der Waals surface area contributed by atoms with E-state index in [0.29, 0.717) is 5.92 Å². The van der Waals surface area contributed by atoms with Gasteiger partial charge in [0.05, 0.1) is 6.26 Å². The van der Waals surface area contributed by atoms with E-state index in [0.717, 1.165) is 82.7 Å². The second kappa shape index (κ2) is 57.1. The van der Waals surface area contributed by atoms with Gasteiger partial charge in [0, 0.05) is 156 Å². The fourth-order valence-electron chi connectivity index (χ4n) is 17.0. The van der Waals surface area contributed by atoms with E-state index in [1.54, 1.807) is 6.26 Å². The van der Waals surface area contributed by atoms with Crippen LogP contribution in [0, 0.1) is 35.5 Å². The predicted molar refractivity (Wildman–Crippen MR) is 542 cm³/mol. The highest BCUT2D eigenvalue weighted by molar-refractivity contribution is 6.77. The maximum absolute atomic E-state index is 5.58. The molecule has 18 N–H and O–H groups in total. The van der Waals surface area contributed by atoms with Crippen molar-refractivity contribution in [3.05, 3.63) is 246 Å². The number of benzene rings is 5. The lowest BCUT2D eigenvalue weighted by Crippen LogP contribution is -2.73. The van der Waals surface area contributed by atoms with Crippen molar-refractivity contribution in [2.75, 3.05) is 13.2 Å². The van der Waals surface area contributed by atoms with E-state index < -0.39 is 40.4 Å². The van der Waals surface area contributed by atoms with Crippen LogP contribution in [-0.2, 0) is 32.4 Å². The Morgan fingerprint density at radius 1 is 0.402 bits per heavy atom. The Balaban J connectivity index is 0.000000309. The highest BCUT2D eigenvalue weighted by Crippen LogP contribution is 2.41. The van der Waals surface area contributed by atoms with Gasteiger partial charge in [-0.25, -0.2) is 0 Å². The lowest BCUT2D eigenvalue weighted by atomic mass is 9.69. The number of aromatic nitrogens is 1. The molecule has 5 aromatic carbocycles. The number of allylic oxidation sites excluding steroid dienone is 1. The molecule has 2 fully saturated rings. The summed E-state index contributed by atoms with van der Waals surface area (Å²) in [6.45, 7) is 45.4. The van der Waals surface area contributed by atoms with Gasteiger partial charge in [0.2, 0.25) is 6.04 Å². The van der Waals surface area contributed by atoms with E-state index in [-0.39, 0.29) is 33.7 Å². The maximum Gasteiger partial charge on any atom is 0.204 e. The zero-order chi connectivity index (χ0) is 89.9. The summed E-state index contributed by atoms with van der Waals surface area (Å²) in [6, 6.07) is 69.3. The fourth-order valence-corrected chi connectivity index (χ4v) is 23.6. The van der Waals surface area contributed by atoms with Crippen molar-refractivity contribution in [3.8, 4) is 23.7 Å². The third kappa shape index (κ3) is 44.6. The van der Waals surface area contributed by atoms with E-state index in [4.69, 9.17) is 20.6 Å². The van der Waals surface area contributed by atoms with Crippen LogP contribution < -0.4 is 34.4 Å². The van der Waals surface area contributed by atoms with Crippen molar-refractivity contribution < 1.29 is 43.6 Å². The number of furan rings is 1. The number of quaternary nitrogens is 6. The molecule has 3 heterocycles. The molecule has 6 atom stereocenters. The fraction of sp³-hybridized carbons (Fsp3) is 0.583. The minimum atomic E-state index is -0.945. The lowest BCUT2D eigenvalue weighted by molar-refractivity contribution is -0.508. The van der Waals surface area contributed by atoms with Gasteiger partial charge in [0.15, 0.2) is 11.3 Å². The number of hydrogen-bond donors (Lipinski definition) is 6. The van der Waals surface area contributed by atoms with Gasteiger partial charge in [0.1, 0.15) is 22.2 Å². The molecule has 1 aliphatic heterocycles. The van der Waals surface area contributed by atoms with E-state index in [1.165, 1.54) is 198 Å². The highest BCUT2D eigenvalue weighted by Gasteiger charge is 2.43. The Morgan fingerprint density at radius 2 is 0.795 bits per heavy atom. The van der Waals surface area contributed by atoms with Crippen molar-refractivity contribution in [2.45, 2.75) is 376 Å². The standard InChI is InChI=1S/C20H35NSi.C20H33NSi.C19H28N2Si.C19H33NOSi.C19H33NSi.C11H15NO/c1-22(2,3)17-11-10-16-20(21,18-12-6-4-7-13-18)19-14-8-5-9-15-19;1-5-6-7-11-16-20(21,19-14-9-8-10-15-19)17-12-13-18-22(2,3)4;1-22(2,3)15-8-7-13-19(20,17-10-5-4-6-11-17)18-12-9-14-21-16-18;1-22(2,3)16-8-7-13-19(20,17-9-5-4-6-10-17)18-11-14-21-15-12-18;1-5-6-10-15-19(20,18-13-8-7-9-14-18)16-11-12-17-21(2,3)4;1-2-3-4-5-7-10(12)11-8-6-9-13-11/h4,6-7,12-13,19H,5,8-11,14-17,21H2,1-3H3;8-10,14-15H,5-7,12-13,17-18,21H2,1-4H3;4-6,9-12,14,16H,7-8,13,15,20H2,1-3H3;4-6,9-10,18H,7-8,11-16,20H2,1-3H3;7-10,13-15H,5-6,11-12,16-17,20H2,1-4H3;6,8-10H,2-4,12H2,1H3/p+6/b;;;;15-10+;. The van der Waals surface area contributed by atoms with Gasteiger partial charge in [-0.15, -0.1) is 0 Å². The first kappa shape index (κ1) is 109. The van der Waals surface area contributed by atoms with Gasteiger partial charge in [-0.2, -0.15) is 0 Å². The van der Waals surface area contributed by atoms with E-state index in [1.807, 2.05) is 30.6 Å². The molecule has 2 aromatic heterocycles. The predicted octanol–water partition coefficient (Wildman–Crippen LogP) is 24.9. The molecule has 1 saturated carbocycles. The Labute approximate surface area is 753 Å². The summed E-state index contributed by atoms with van der Waals surface area (Å²) in [7, 11) is -4.58. The van der Waals surface area contributed by atoms with Crippen molar-refractivity contribution in [1.29, 1.82) is 0 Å². The Kier molecular flexibility index (Phi) is 50.8. The number of ether oxygens (including phenoxy) is 1. The van der Waals surface area contributed by atoms with E-state index in [2.05, 4.69) is 340 Å². The first-order valence-electron chi connectivity index (χ1n) is 48.4. The summed E-state index contributed by atoms with van der Waals surface area (Å²) in [5.74, 6) is 15.3. The number of rotatable bonds is 41. The van der Waals surface area contributed by atoms with Crippen LogP contribution in [0.25, 0.3) is 0 Å². The molecule has 9 nitrogen and oxygen atoms in total. The lowest BCUT2D eigenvalue weighted by Gasteiger charge is -2.37. The van der Waals surface area contributed by atoms with E-state index >= 15 is 0 Å². The number of hydrogen-bond acceptors (Lipinski definition) is 3. The van der Waals surface area contributed by atoms with Crippen LogP contribution in [-0.4, -0.2) is 58.6 Å². The third-order valence-corrected chi connectivity index (χ3v) is 34.2. The Morgan fingerprint density at radius 3 is 1.20 bits per heavy atom. The molecule has 9 rings (SSSR count). The first-order chi connectivity index (χ1) is 57.8. The molecule has 2 aliphatic rings. The molecule has 0 spiro atoms. The molecule has 0 radical (unpaired) electrons. The zero-order valence-corrected chi connectivity index (χ0v) is 86.5. The minimum absolute atomic E-state index is 0.0214. The van der Waals surface area contributed by atoms with Gasteiger partial charge in [0.25, 0.3) is 0 Å². The largest absolute Gasteiger partial charge is 0.462 e. The normalized spacial score (nSPS) is 16.2. The second-order valence-corrected chi connectivity index (χ2v) is 70.5. The van der Waals surface area contributed by atoms with Crippen LogP contribution in [0.2, 0.25) is 128 Å². The summed E-state index contributed by atoms with van der Waals surface area (Å²) < 4.78 is 10.8. The monoisotopic (exact) mass is 1750 g/mol. The average molecular weight is 1750 g/mol. The van der Waals surface area contributed by atoms with Gasteiger partial charge in [-0.1, -0.05) is 389 Å². The van der Waals surface area contributed by atoms with Crippen LogP contribution in [0.15, 0.2) is 211 Å². The van der Waals surface area contributed by atoms with Crippen molar-refractivity contribution in [3.63, 3.8) is 0 Å². The SMILES string of the molecule is CCC/C=C/C([NH3+])(CCCC[Si](C)(C)C)c1ccccc1.CCCCC#CC([NH3+])(CCCC[Si](C)(C)C)c1ccccc1.CCCCC#CC([NH3+])c1ccco1.C[Si](C)(C)CCCCC([NH3+])(c1ccccc1)C1CCCCC1.C[Si](C)(C)CCCCC([NH3+])(c1ccccc1)C1CCOCC1.C[Si](C)(C)CCCCC([NH3+])(c1ccccc1)c1cccnc1. The topological polar surface area (TPSA) is 201 Å². The zero-order valence-electron chi connectivity index (χ0n) is 81.5. The molecule has 676 valence electrons. The third-order valence-electron chi connectivity index (χ3n) is 25.0. The summed E-state index contributed by atoms with van der Waals surface area (Å²) in [6.07, 6.45) is 47.4. The molecule has 0 bridgehead atoms. The van der Waals surface area contributed by atoms with Crippen LogP contribution in [0.3, 0.4) is 0 Å². The molecular formula is C108H183N7O2Si5+6. The van der Waals surface area contributed by atoms with Crippen LogP contribution in [0.1, 0.15) is 259 Å². The number of pyridine rings is 1. The smallest absolute Gasteiger partial charge is 0.204 e. The quantitative estimate of drug-likeness (QED) is 0.00960. The summed E-state index contributed by atoms with van der Waals surface area (Å²) in [5, 5.41) is 0. The van der Waals surface area contributed by atoms with Crippen LogP contribution in [0.5, 0.6) is 0 Å². The Hall–Kier alpha value is -5.81.